The molecule has 0 bridgehead atoms. The fraction of sp³-hybridized carbons (Fsp3) is 0.103. The molecule has 1 fully saturated rings. The Morgan fingerprint density at radius 2 is 1.69 bits per heavy atom. The van der Waals surface area contributed by atoms with Crippen molar-refractivity contribution in [1.82, 2.24) is 4.90 Å². The molecule has 5 nitrogen and oxygen atoms in total. The predicted octanol–water partition coefficient (Wildman–Crippen LogP) is 6.79. The highest BCUT2D eigenvalue weighted by atomic mass is 79.9. The maximum atomic E-state index is 13.3. The van der Waals surface area contributed by atoms with Gasteiger partial charge in [-0.05, 0) is 80.4 Å². The first-order chi connectivity index (χ1) is 17.5. The van der Waals surface area contributed by atoms with E-state index in [1.54, 1.807) is 25.1 Å². The Morgan fingerprint density at radius 3 is 2.47 bits per heavy atom. The van der Waals surface area contributed by atoms with E-state index in [0.29, 0.717) is 28.9 Å². The van der Waals surface area contributed by atoms with Crippen molar-refractivity contribution in [3.05, 3.63) is 106 Å². The van der Waals surface area contributed by atoms with Gasteiger partial charge in [0.2, 0.25) is 0 Å². The zero-order chi connectivity index (χ0) is 25.2. The molecule has 1 aliphatic heterocycles. The molecule has 4 aromatic rings. The zero-order valence-corrected chi connectivity index (χ0v) is 22.2. The largest absolute Gasteiger partial charge is 0.493 e. The molecule has 4 aromatic carbocycles. The van der Waals surface area contributed by atoms with Crippen LogP contribution in [0.2, 0.25) is 0 Å². The molecule has 1 amide bonds. The first-order valence-corrected chi connectivity index (χ1v) is 12.5. The predicted molar refractivity (Wildman–Crippen MR) is 151 cm³/mol. The lowest BCUT2D eigenvalue weighted by molar-refractivity contribution is -0.114. The molecular formula is C29H23BrN2O3S. The van der Waals surface area contributed by atoms with Crippen LogP contribution >= 0.6 is 28.1 Å². The number of nitrogens with zero attached hydrogens (tertiary/aromatic N) is 2. The van der Waals surface area contributed by atoms with Crippen molar-refractivity contribution in [2.24, 2.45) is 0 Å². The van der Waals surface area contributed by atoms with Gasteiger partial charge in [0, 0.05) is 7.05 Å². The lowest BCUT2D eigenvalue weighted by atomic mass is 10.1. The quantitative estimate of drug-likeness (QED) is 0.192. The van der Waals surface area contributed by atoms with Gasteiger partial charge in [0.15, 0.2) is 16.6 Å². The fourth-order valence-corrected chi connectivity index (χ4v) is 5.11. The second kappa shape index (κ2) is 10.1. The number of halogens is 1. The van der Waals surface area contributed by atoms with Gasteiger partial charge < -0.3 is 14.4 Å². The van der Waals surface area contributed by atoms with Gasteiger partial charge in [0.1, 0.15) is 12.3 Å². The molecule has 0 N–H and O–H groups in total. The summed E-state index contributed by atoms with van der Waals surface area (Å²) in [7, 11) is 3.39. The van der Waals surface area contributed by atoms with Crippen molar-refractivity contribution in [2.75, 3.05) is 19.1 Å². The topological polar surface area (TPSA) is 42.0 Å². The summed E-state index contributed by atoms with van der Waals surface area (Å²) < 4.78 is 12.6. The minimum atomic E-state index is -0.180. The zero-order valence-electron chi connectivity index (χ0n) is 19.8. The van der Waals surface area contributed by atoms with Crippen LogP contribution in [-0.2, 0) is 11.4 Å². The van der Waals surface area contributed by atoms with Crippen LogP contribution in [0.25, 0.3) is 16.8 Å². The third-order valence-corrected chi connectivity index (χ3v) is 7.13. The minimum absolute atomic E-state index is 0.180. The Hall–Kier alpha value is -3.68. The summed E-state index contributed by atoms with van der Waals surface area (Å²) in [5.41, 5.74) is 3.08. The summed E-state index contributed by atoms with van der Waals surface area (Å²) in [5, 5.41) is 2.75. The number of fused-ring (bicyclic) bond motifs is 1. The Balaban J connectivity index is 1.43. The van der Waals surface area contributed by atoms with Crippen molar-refractivity contribution in [2.45, 2.75) is 6.61 Å². The molecule has 0 atom stereocenters. The molecule has 1 heterocycles. The van der Waals surface area contributed by atoms with Crippen LogP contribution < -0.4 is 14.4 Å². The van der Waals surface area contributed by atoms with Crippen LogP contribution in [0.15, 0.2) is 95.1 Å². The lowest BCUT2D eigenvalue weighted by Crippen LogP contribution is -2.30. The molecule has 0 aromatic heterocycles. The van der Waals surface area contributed by atoms with E-state index in [9.17, 15) is 4.79 Å². The van der Waals surface area contributed by atoms with Crippen molar-refractivity contribution in [1.29, 1.82) is 0 Å². The van der Waals surface area contributed by atoms with E-state index in [2.05, 4.69) is 40.2 Å². The molecule has 0 aliphatic carbocycles. The van der Waals surface area contributed by atoms with E-state index in [-0.39, 0.29) is 5.91 Å². The maximum Gasteiger partial charge on any atom is 0.281 e. The summed E-state index contributed by atoms with van der Waals surface area (Å²) in [4.78, 5) is 16.5. The first-order valence-electron chi connectivity index (χ1n) is 11.3. The molecule has 36 heavy (non-hydrogen) atoms. The van der Waals surface area contributed by atoms with Crippen molar-refractivity contribution < 1.29 is 14.3 Å². The Labute approximate surface area is 223 Å². The van der Waals surface area contributed by atoms with E-state index in [1.807, 2.05) is 60.7 Å². The van der Waals surface area contributed by atoms with Crippen LogP contribution in [0.4, 0.5) is 5.69 Å². The molecule has 5 rings (SSSR count). The monoisotopic (exact) mass is 558 g/mol. The second-order valence-electron chi connectivity index (χ2n) is 8.31. The Bertz CT molecular complexity index is 1500. The fourth-order valence-electron chi connectivity index (χ4n) is 4.25. The molecule has 0 spiro atoms. The number of methoxy groups -OCH3 is 1. The summed E-state index contributed by atoms with van der Waals surface area (Å²) in [6.07, 6.45) is 1.80. The smallest absolute Gasteiger partial charge is 0.281 e. The number of carbonyl (C=O) groups is 1. The van der Waals surface area contributed by atoms with E-state index in [4.69, 9.17) is 21.7 Å². The normalized spacial score (nSPS) is 14.7. The van der Waals surface area contributed by atoms with E-state index in [0.717, 1.165) is 26.7 Å². The molecule has 0 radical (unpaired) electrons. The number of benzene rings is 4. The van der Waals surface area contributed by atoms with Crippen molar-refractivity contribution in [3.63, 3.8) is 0 Å². The molecule has 0 saturated carbocycles. The maximum absolute atomic E-state index is 13.3. The standard InChI is InChI=1S/C29H23BrN2O3S/c1-31-25(28(33)32(29(31)36)22-12-4-3-5-13-22)16-19-15-24(30)27(26(17-19)34-2)35-18-21-11-8-10-20-9-6-7-14-23(20)21/h3-17H,18H2,1-2H3/b25-16-. The summed E-state index contributed by atoms with van der Waals surface area (Å²) >= 11 is 9.19. The number of carbonyl (C=O) groups excluding carboxylic acids is 1. The highest BCUT2D eigenvalue weighted by Crippen LogP contribution is 2.39. The molecule has 1 saturated heterocycles. The first kappa shape index (κ1) is 24.0. The molecule has 1 aliphatic rings. The summed E-state index contributed by atoms with van der Waals surface area (Å²) in [6, 6.07) is 27.6. The number of amides is 1. The van der Waals surface area contributed by atoms with Gasteiger partial charge in [-0.1, -0.05) is 60.7 Å². The summed E-state index contributed by atoms with van der Waals surface area (Å²) in [6.45, 7) is 0.387. The second-order valence-corrected chi connectivity index (χ2v) is 9.53. The number of thiocarbonyl (C=S) groups is 1. The number of ether oxygens (including phenoxy) is 2. The van der Waals surface area contributed by atoms with E-state index >= 15 is 0 Å². The number of rotatable bonds is 6. The minimum Gasteiger partial charge on any atom is -0.493 e. The van der Waals surface area contributed by atoms with Gasteiger partial charge in [0.25, 0.3) is 5.91 Å². The highest BCUT2D eigenvalue weighted by molar-refractivity contribution is 9.10. The highest BCUT2D eigenvalue weighted by Gasteiger charge is 2.36. The average molecular weight is 559 g/mol. The van der Waals surface area contributed by atoms with Crippen molar-refractivity contribution >= 4 is 61.7 Å². The van der Waals surface area contributed by atoms with Crippen LogP contribution in [0.1, 0.15) is 11.1 Å². The van der Waals surface area contributed by atoms with E-state index in [1.165, 1.54) is 10.3 Å². The van der Waals surface area contributed by atoms with Gasteiger partial charge in [-0.2, -0.15) is 0 Å². The van der Waals surface area contributed by atoms with Gasteiger partial charge in [-0.15, -0.1) is 0 Å². The SMILES string of the molecule is COc1cc(/C=C2/C(=O)N(c3ccccc3)C(=S)N2C)cc(Br)c1OCc1cccc2ccccc12. The van der Waals surface area contributed by atoms with Crippen LogP contribution in [0.5, 0.6) is 11.5 Å². The van der Waals surface area contributed by atoms with Gasteiger partial charge in [0.05, 0.1) is 17.3 Å². The Morgan fingerprint density at radius 1 is 0.972 bits per heavy atom. The van der Waals surface area contributed by atoms with Crippen LogP contribution in [0, 0.1) is 0 Å². The third-order valence-electron chi connectivity index (χ3n) is 6.08. The number of para-hydroxylation sites is 1. The number of hydrogen-bond acceptors (Lipinski definition) is 4. The Kier molecular flexibility index (Phi) is 6.76. The van der Waals surface area contributed by atoms with E-state index < -0.39 is 0 Å². The lowest BCUT2D eigenvalue weighted by Gasteiger charge is -2.16. The molecule has 7 heteroatoms. The van der Waals surface area contributed by atoms with Gasteiger partial charge in [-0.3, -0.25) is 9.69 Å². The molecule has 0 unspecified atom stereocenters. The molecular weight excluding hydrogens is 536 g/mol. The number of anilines is 1. The van der Waals surface area contributed by atoms with Gasteiger partial charge in [-0.25, -0.2) is 0 Å². The van der Waals surface area contributed by atoms with Gasteiger partial charge >= 0.3 is 0 Å². The summed E-state index contributed by atoms with van der Waals surface area (Å²) in [5.74, 6) is 0.979. The van der Waals surface area contributed by atoms with Crippen LogP contribution in [-0.4, -0.2) is 30.1 Å². The number of likely N-dealkylation sites (N-methyl/N-ethyl adjacent to an activating group) is 1. The molecule has 180 valence electrons. The third kappa shape index (κ3) is 4.47. The van der Waals surface area contributed by atoms with Crippen LogP contribution in [0.3, 0.4) is 0 Å². The number of hydrogen-bond donors (Lipinski definition) is 0. The average Bonchev–Trinajstić information content (AvgIpc) is 3.11. The van der Waals surface area contributed by atoms with Crippen molar-refractivity contribution in [3.8, 4) is 11.5 Å².